The highest BCUT2D eigenvalue weighted by molar-refractivity contribution is 6.31. The molecule has 0 spiro atoms. The molecule has 0 aliphatic carbocycles. The van der Waals surface area contributed by atoms with E-state index in [1.54, 1.807) is 0 Å². The SMILES string of the molecule is Cc1c(Cl)cccc1NCC(C)(C)C#N. The number of hydrogen-bond acceptors (Lipinski definition) is 2. The molecule has 1 aromatic carbocycles. The van der Waals surface area contributed by atoms with Gasteiger partial charge in [-0.25, -0.2) is 0 Å². The Morgan fingerprint density at radius 3 is 2.73 bits per heavy atom. The standard InChI is InChI=1S/C12H15ClN2/c1-9-10(13)5-4-6-11(9)15-8-12(2,3)7-14/h4-6,15H,8H2,1-3H3. The van der Waals surface area contributed by atoms with E-state index in [0.29, 0.717) is 6.54 Å². The fourth-order valence-electron chi connectivity index (χ4n) is 1.15. The smallest absolute Gasteiger partial charge is 0.0702 e. The highest BCUT2D eigenvalue weighted by Gasteiger charge is 2.16. The average Bonchev–Trinajstić information content (AvgIpc) is 2.20. The fraction of sp³-hybridized carbons (Fsp3) is 0.417. The van der Waals surface area contributed by atoms with Crippen molar-refractivity contribution in [1.82, 2.24) is 0 Å². The average molecular weight is 223 g/mol. The van der Waals surface area contributed by atoms with Crippen LogP contribution in [0.4, 0.5) is 5.69 Å². The van der Waals surface area contributed by atoms with Gasteiger partial charge in [0.2, 0.25) is 0 Å². The first-order valence-corrected chi connectivity index (χ1v) is 5.24. The summed E-state index contributed by atoms with van der Waals surface area (Å²) < 4.78 is 0. The summed E-state index contributed by atoms with van der Waals surface area (Å²) >= 11 is 5.99. The predicted octanol–water partition coefficient (Wildman–Crippen LogP) is 3.61. The van der Waals surface area contributed by atoms with Crippen LogP contribution in [0.1, 0.15) is 19.4 Å². The van der Waals surface area contributed by atoms with Crippen molar-refractivity contribution in [3.05, 3.63) is 28.8 Å². The van der Waals surface area contributed by atoms with Gasteiger partial charge in [0.05, 0.1) is 11.5 Å². The Hall–Kier alpha value is -1.20. The number of nitrogens with one attached hydrogen (secondary N) is 1. The largest absolute Gasteiger partial charge is 0.383 e. The summed E-state index contributed by atoms with van der Waals surface area (Å²) in [6.07, 6.45) is 0. The minimum atomic E-state index is -0.366. The van der Waals surface area contributed by atoms with Crippen LogP contribution in [0.25, 0.3) is 0 Å². The zero-order valence-electron chi connectivity index (χ0n) is 9.26. The van der Waals surface area contributed by atoms with E-state index in [9.17, 15) is 0 Å². The van der Waals surface area contributed by atoms with Gasteiger partial charge in [0.15, 0.2) is 0 Å². The number of halogens is 1. The molecule has 0 aliphatic heterocycles. The lowest BCUT2D eigenvalue weighted by atomic mass is 9.96. The first kappa shape index (κ1) is 11.9. The fourth-order valence-corrected chi connectivity index (χ4v) is 1.33. The molecule has 0 saturated heterocycles. The number of benzene rings is 1. The Balaban J connectivity index is 2.75. The third kappa shape index (κ3) is 3.14. The highest BCUT2D eigenvalue weighted by atomic mass is 35.5. The summed E-state index contributed by atoms with van der Waals surface area (Å²) in [6, 6.07) is 7.98. The lowest BCUT2D eigenvalue weighted by molar-refractivity contribution is 0.529. The van der Waals surface area contributed by atoms with Crippen LogP contribution in [0.15, 0.2) is 18.2 Å². The van der Waals surface area contributed by atoms with Crippen LogP contribution in [0.3, 0.4) is 0 Å². The van der Waals surface area contributed by atoms with E-state index in [1.807, 2.05) is 39.0 Å². The number of nitrogens with zero attached hydrogens (tertiary/aromatic N) is 1. The molecule has 0 unspecified atom stereocenters. The van der Waals surface area contributed by atoms with E-state index in [4.69, 9.17) is 16.9 Å². The molecule has 1 N–H and O–H groups in total. The normalized spacial score (nSPS) is 10.9. The van der Waals surface area contributed by atoms with E-state index in [0.717, 1.165) is 16.3 Å². The monoisotopic (exact) mass is 222 g/mol. The molecule has 0 heterocycles. The van der Waals surface area contributed by atoms with Gasteiger partial charge < -0.3 is 5.32 Å². The van der Waals surface area contributed by atoms with Crippen molar-refractivity contribution in [3.8, 4) is 6.07 Å². The molecule has 0 aliphatic rings. The minimum Gasteiger partial charge on any atom is -0.383 e. The summed E-state index contributed by atoms with van der Waals surface area (Å²) in [7, 11) is 0. The maximum absolute atomic E-state index is 8.88. The summed E-state index contributed by atoms with van der Waals surface area (Å²) in [5.74, 6) is 0. The first-order chi connectivity index (χ1) is 6.96. The molecule has 2 nitrogen and oxygen atoms in total. The summed E-state index contributed by atoms with van der Waals surface area (Å²) in [5.41, 5.74) is 1.65. The number of rotatable bonds is 3. The van der Waals surface area contributed by atoms with Gasteiger partial charge in [-0.2, -0.15) is 5.26 Å². The van der Waals surface area contributed by atoms with Crippen LogP contribution in [-0.2, 0) is 0 Å². The quantitative estimate of drug-likeness (QED) is 0.848. The number of hydrogen-bond donors (Lipinski definition) is 1. The first-order valence-electron chi connectivity index (χ1n) is 4.86. The molecule has 0 radical (unpaired) electrons. The molecule has 3 heteroatoms. The minimum absolute atomic E-state index is 0.366. The molecule has 0 fully saturated rings. The van der Waals surface area contributed by atoms with Crippen molar-refractivity contribution in [2.75, 3.05) is 11.9 Å². The van der Waals surface area contributed by atoms with Crippen molar-refractivity contribution in [3.63, 3.8) is 0 Å². The molecule has 1 aromatic rings. The predicted molar refractivity (Wildman–Crippen MR) is 64.1 cm³/mol. The van der Waals surface area contributed by atoms with E-state index in [-0.39, 0.29) is 5.41 Å². The Morgan fingerprint density at radius 1 is 1.47 bits per heavy atom. The lowest BCUT2D eigenvalue weighted by Crippen LogP contribution is -2.21. The van der Waals surface area contributed by atoms with Gasteiger partial charge in [0.1, 0.15) is 0 Å². The number of nitriles is 1. The molecule has 80 valence electrons. The number of anilines is 1. The van der Waals surface area contributed by atoms with Crippen LogP contribution in [0.2, 0.25) is 5.02 Å². The molecule has 1 rings (SSSR count). The van der Waals surface area contributed by atoms with Crippen LogP contribution < -0.4 is 5.32 Å². The second-order valence-electron chi connectivity index (χ2n) is 4.26. The molecule has 0 amide bonds. The second-order valence-corrected chi connectivity index (χ2v) is 4.67. The van der Waals surface area contributed by atoms with Crippen molar-refractivity contribution in [1.29, 1.82) is 5.26 Å². The van der Waals surface area contributed by atoms with E-state index >= 15 is 0 Å². The Labute approximate surface area is 95.9 Å². The lowest BCUT2D eigenvalue weighted by Gasteiger charge is -2.18. The third-order valence-corrected chi connectivity index (χ3v) is 2.70. The Morgan fingerprint density at radius 2 is 2.13 bits per heavy atom. The second kappa shape index (κ2) is 4.55. The van der Waals surface area contributed by atoms with Gasteiger partial charge in [-0.15, -0.1) is 0 Å². The summed E-state index contributed by atoms with van der Waals surface area (Å²) in [4.78, 5) is 0. The Bertz CT molecular complexity index is 391. The van der Waals surface area contributed by atoms with Crippen LogP contribution in [-0.4, -0.2) is 6.54 Å². The molecule has 15 heavy (non-hydrogen) atoms. The third-order valence-electron chi connectivity index (χ3n) is 2.29. The highest BCUT2D eigenvalue weighted by Crippen LogP contribution is 2.24. The van der Waals surface area contributed by atoms with Crippen molar-refractivity contribution >= 4 is 17.3 Å². The van der Waals surface area contributed by atoms with Crippen molar-refractivity contribution in [2.24, 2.45) is 5.41 Å². The topological polar surface area (TPSA) is 35.8 Å². The van der Waals surface area contributed by atoms with Gasteiger partial charge in [-0.05, 0) is 38.5 Å². The van der Waals surface area contributed by atoms with E-state index < -0.39 is 0 Å². The molecular weight excluding hydrogens is 208 g/mol. The van der Waals surface area contributed by atoms with Gasteiger partial charge in [0, 0.05) is 17.3 Å². The molecular formula is C12H15ClN2. The maximum Gasteiger partial charge on any atom is 0.0702 e. The summed E-state index contributed by atoms with van der Waals surface area (Å²) in [5, 5.41) is 12.9. The Kier molecular flexibility index (Phi) is 3.60. The van der Waals surface area contributed by atoms with E-state index in [2.05, 4.69) is 11.4 Å². The summed E-state index contributed by atoms with van der Waals surface area (Å²) in [6.45, 7) is 6.38. The van der Waals surface area contributed by atoms with Crippen LogP contribution in [0, 0.1) is 23.7 Å². The van der Waals surface area contributed by atoms with Crippen LogP contribution >= 0.6 is 11.6 Å². The van der Waals surface area contributed by atoms with Crippen LogP contribution in [0.5, 0.6) is 0 Å². The van der Waals surface area contributed by atoms with Gasteiger partial charge >= 0.3 is 0 Å². The molecule has 0 bridgehead atoms. The molecule has 0 aromatic heterocycles. The van der Waals surface area contributed by atoms with Crippen molar-refractivity contribution < 1.29 is 0 Å². The molecule has 0 atom stereocenters. The maximum atomic E-state index is 8.88. The molecule has 0 saturated carbocycles. The zero-order chi connectivity index (χ0) is 11.5. The van der Waals surface area contributed by atoms with Crippen molar-refractivity contribution in [2.45, 2.75) is 20.8 Å². The van der Waals surface area contributed by atoms with Gasteiger partial charge in [0.25, 0.3) is 0 Å². The zero-order valence-corrected chi connectivity index (χ0v) is 10.0. The van der Waals surface area contributed by atoms with E-state index in [1.165, 1.54) is 0 Å². The van der Waals surface area contributed by atoms with Gasteiger partial charge in [-0.3, -0.25) is 0 Å². The van der Waals surface area contributed by atoms with Gasteiger partial charge in [-0.1, -0.05) is 17.7 Å².